The summed E-state index contributed by atoms with van der Waals surface area (Å²) in [5.41, 5.74) is 2.50. The Morgan fingerprint density at radius 1 is 1.16 bits per heavy atom. The summed E-state index contributed by atoms with van der Waals surface area (Å²) in [5, 5.41) is 0. The number of benzene rings is 1. The third-order valence-corrected chi connectivity index (χ3v) is 2.63. The first-order valence-electron chi connectivity index (χ1n) is 5.96. The zero-order valence-electron chi connectivity index (χ0n) is 10.7. The zero-order chi connectivity index (χ0) is 13.5. The van der Waals surface area contributed by atoms with Crippen LogP contribution in [0.2, 0.25) is 0 Å². The number of carbonyl (C=O) groups excluding carboxylic acids is 1. The standard InChI is InChI=1S/C15H15NO3/c1-18-5-6-19-15-8-14(9-16-10-15)13-4-2-3-12(7-13)11-17/h2-4,7-11H,5-6H2,1H3. The largest absolute Gasteiger partial charge is 0.490 e. The quantitative estimate of drug-likeness (QED) is 0.589. The first kappa shape index (κ1) is 13.2. The van der Waals surface area contributed by atoms with Crippen molar-refractivity contribution in [3.05, 3.63) is 48.3 Å². The van der Waals surface area contributed by atoms with Crippen molar-refractivity contribution < 1.29 is 14.3 Å². The molecule has 1 aromatic carbocycles. The van der Waals surface area contributed by atoms with Crippen molar-refractivity contribution >= 4 is 6.29 Å². The van der Waals surface area contributed by atoms with Crippen molar-refractivity contribution in [1.82, 2.24) is 4.98 Å². The van der Waals surface area contributed by atoms with Gasteiger partial charge in [0.25, 0.3) is 0 Å². The summed E-state index contributed by atoms with van der Waals surface area (Å²) in [7, 11) is 1.63. The molecular formula is C15H15NO3. The monoisotopic (exact) mass is 257 g/mol. The molecule has 0 bridgehead atoms. The Kier molecular flexibility index (Phi) is 4.64. The Balaban J connectivity index is 2.19. The van der Waals surface area contributed by atoms with Crippen LogP contribution in [0, 0.1) is 0 Å². The van der Waals surface area contributed by atoms with Crippen LogP contribution in [0.4, 0.5) is 0 Å². The van der Waals surface area contributed by atoms with Crippen molar-refractivity contribution in [3.8, 4) is 16.9 Å². The van der Waals surface area contributed by atoms with Gasteiger partial charge in [-0.3, -0.25) is 9.78 Å². The molecule has 98 valence electrons. The van der Waals surface area contributed by atoms with Gasteiger partial charge in [-0.05, 0) is 17.7 Å². The minimum absolute atomic E-state index is 0.482. The molecule has 19 heavy (non-hydrogen) atoms. The first-order chi connectivity index (χ1) is 9.33. The number of aromatic nitrogens is 1. The molecular weight excluding hydrogens is 242 g/mol. The van der Waals surface area contributed by atoms with Crippen LogP contribution in [0.3, 0.4) is 0 Å². The van der Waals surface area contributed by atoms with Gasteiger partial charge in [-0.15, -0.1) is 0 Å². The summed E-state index contributed by atoms with van der Waals surface area (Å²) in [6.07, 6.45) is 4.23. The van der Waals surface area contributed by atoms with Gasteiger partial charge in [-0.2, -0.15) is 0 Å². The number of methoxy groups -OCH3 is 1. The van der Waals surface area contributed by atoms with Crippen LogP contribution >= 0.6 is 0 Å². The topological polar surface area (TPSA) is 48.4 Å². The van der Waals surface area contributed by atoms with Gasteiger partial charge in [0.1, 0.15) is 18.6 Å². The van der Waals surface area contributed by atoms with Crippen LogP contribution in [0.5, 0.6) is 5.75 Å². The smallest absolute Gasteiger partial charge is 0.150 e. The predicted molar refractivity (Wildman–Crippen MR) is 72.4 cm³/mol. The Hall–Kier alpha value is -2.20. The van der Waals surface area contributed by atoms with Gasteiger partial charge in [-0.1, -0.05) is 18.2 Å². The highest BCUT2D eigenvalue weighted by atomic mass is 16.5. The lowest BCUT2D eigenvalue weighted by Crippen LogP contribution is -2.04. The highest BCUT2D eigenvalue weighted by Gasteiger charge is 2.02. The molecule has 0 aliphatic heterocycles. The van der Waals surface area contributed by atoms with Gasteiger partial charge in [0.2, 0.25) is 0 Å². The van der Waals surface area contributed by atoms with E-state index in [1.54, 1.807) is 25.6 Å². The maximum atomic E-state index is 10.8. The van der Waals surface area contributed by atoms with Crippen molar-refractivity contribution in [2.75, 3.05) is 20.3 Å². The molecule has 0 saturated heterocycles. The number of hydrogen-bond donors (Lipinski definition) is 0. The minimum atomic E-state index is 0.482. The molecule has 0 aliphatic carbocycles. The molecule has 2 rings (SSSR count). The Labute approximate surface area is 112 Å². The van der Waals surface area contributed by atoms with Crippen molar-refractivity contribution in [1.29, 1.82) is 0 Å². The lowest BCUT2D eigenvalue weighted by atomic mass is 10.1. The highest BCUT2D eigenvalue weighted by molar-refractivity contribution is 5.78. The summed E-state index contributed by atoms with van der Waals surface area (Å²) in [6.45, 7) is 1.01. The molecule has 2 aromatic rings. The first-order valence-corrected chi connectivity index (χ1v) is 5.96. The maximum Gasteiger partial charge on any atom is 0.150 e. The second-order valence-corrected chi connectivity index (χ2v) is 3.99. The molecule has 4 heteroatoms. The number of nitrogens with zero attached hydrogens (tertiary/aromatic N) is 1. The second-order valence-electron chi connectivity index (χ2n) is 3.99. The predicted octanol–water partition coefficient (Wildman–Crippen LogP) is 2.59. The fourth-order valence-electron chi connectivity index (χ4n) is 1.69. The minimum Gasteiger partial charge on any atom is -0.490 e. The van der Waals surface area contributed by atoms with Crippen LogP contribution in [0.1, 0.15) is 10.4 Å². The van der Waals surface area contributed by atoms with Crippen molar-refractivity contribution in [2.45, 2.75) is 0 Å². The number of rotatable bonds is 6. The van der Waals surface area contributed by atoms with Crippen LogP contribution in [-0.4, -0.2) is 31.6 Å². The summed E-state index contributed by atoms with van der Waals surface area (Å²) >= 11 is 0. The van der Waals surface area contributed by atoms with Gasteiger partial charge in [0.05, 0.1) is 12.8 Å². The van der Waals surface area contributed by atoms with E-state index < -0.39 is 0 Å². The normalized spacial score (nSPS) is 10.2. The third kappa shape index (κ3) is 3.63. The van der Waals surface area contributed by atoms with Crippen LogP contribution in [0.25, 0.3) is 11.1 Å². The summed E-state index contributed by atoms with van der Waals surface area (Å²) in [6, 6.07) is 9.26. The van der Waals surface area contributed by atoms with Crippen molar-refractivity contribution in [2.24, 2.45) is 0 Å². The van der Waals surface area contributed by atoms with Gasteiger partial charge >= 0.3 is 0 Å². The average molecular weight is 257 g/mol. The van der Waals surface area contributed by atoms with Gasteiger partial charge in [0.15, 0.2) is 0 Å². The lowest BCUT2D eigenvalue weighted by molar-refractivity contribution is 0.112. The van der Waals surface area contributed by atoms with Crippen LogP contribution in [0.15, 0.2) is 42.7 Å². The summed E-state index contributed by atoms with van der Waals surface area (Å²) in [5.74, 6) is 0.686. The molecule has 1 aromatic heterocycles. The molecule has 0 saturated carbocycles. The molecule has 4 nitrogen and oxygen atoms in total. The SMILES string of the molecule is COCCOc1cncc(-c2cccc(C=O)c2)c1. The Bertz CT molecular complexity index is 555. The van der Waals surface area contributed by atoms with E-state index in [0.717, 1.165) is 17.4 Å². The molecule has 0 amide bonds. The molecule has 1 heterocycles. The number of hydrogen-bond acceptors (Lipinski definition) is 4. The zero-order valence-corrected chi connectivity index (χ0v) is 10.7. The molecule has 0 unspecified atom stereocenters. The fourth-order valence-corrected chi connectivity index (χ4v) is 1.69. The molecule has 0 aliphatic rings. The van der Waals surface area contributed by atoms with Crippen molar-refractivity contribution in [3.63, 3.8) is 0 Å². The Morgan fingerprint density at radius 2 is 2.05 bits per heavy atom. The second kappa shape index (κ2) is 6.66. The Morgan fingerprint density at radius 3 is 2.84 bits per heavy atom. The van der Waals surface area contributed by atoms with Crippen LogP contribution in [-0.2, 0) is 4.74 Å². The van der Waals surface area contributed by atoms with Gasteiger partial charge in [0, 0.05) is 24.4 Å². The average Bonchev–Trinajstić information content (AvgIpc) is 2.48. The van der Waals surface area contributed by atoms with E-state index in [2.05, 4.69) is 4.98 Å². The van der Waals surface area contributed by atoms with E-state index in [9.17, 15) is 4.79 Å². The number of ether oxygens (including phenoxy) is 2. The number of carbonyl (C=O) groups is 1. The molecule has 0 spiro atoms. The summed E-state index contributed by atoms with van der Waals surface area (Å²) < 4.78 is 10.4. The van der Waals surface area contributed by atoms with E-state index in [0.29, 0.717) is 24.5 Å². The third-order valence-electron chi connectivity index (χ3n) is 2.63. The van der Waals surface area contributed by atoms with E-state index in [1.807, 2.05) is 24.3 Å². The van der Waals surface area contributed by atoms with Gasteiger partial charge < -0.3 is 9.47 Å². The lowest BCUT2D eigenvalue weighted by Gasteiger charge is -2.07. The number of aldehydes is 1. The van der Waals surface area contributed by atoms with Gasteiger partial charge in [-0.25, -0.2) is 0 Å². The van der Waals surface area contributed by atoms with E-state index in [1.165, 1.54) is 0 Å². The highest BCUT2D eigenvalue weighted by Crippen LogP contribution is 2.23. The maximum absolute atomic E-state index is 10.8. The number of pyridine rings is 1. The van der Waals surface area contributed by atoms with E-state index in [-0.39, 0.29) is 0 Å². The molecule has 0 radical (unpaired) electrons. The van der Waals surface area contributed by atoms with E-state index in [4.69, 9.17) is 9.47 Å². The molecule has 0 fully saturated rings. The molecule has 0 atom stereocenters. The van der Waals surface area contributed by atoms with Crippen LogP contribution < -0.4 is 4.74 Å². The van der Waals surface area contributed by atoms with E-state index >= 15 is 0 Å². The summed E-state index contributed by atoms with van der Waals surface area (Å²) in [4.78, 5) is 14.9. The fraction of sp³-hybridized carbons (Fsp3) is 0.200. The molecule has 0 N–H and O–H groups in total.